The molecular weight excluding hydrogens is 218 g/mol. The summed E-state index contributed by atoms with van der Waals surface area (Å²) in [6.45, 7) is 0. The first kappa shape index (κ1) is 11.9. The maximum absolute atomic E-state index is 11.4. The summed E-state index contributed by atoms with van der Waals surface area (Å²) in [6, 6.07) is 5.81. The van der Waals surface area contributed by atoms with Crippen LogP contribution in [-0.2, 0) is 7.05 Å². The van der Waals surface area contributed by atoms with Crippen molar-refractivity contribution in [3.05, 3.63) is 34.3 Å². The monoisotopic (exact) mass is 235 g/mol. The Labute approximate surface area is 99.6 Å². The number of nitrogens with zero attached hydrogens (tertiary/aromatic N) is 2. The molecule has 2 aromatic rings. The standard InChI is InChI=1S/C12H17N3O2/c1-13-11(14(2)3)8-5-6-9-10(7-8)17-12(16)15(9)4/h5-7,11,13H,1-4H3. The summed E-state index contributed by atoms with van der Waals surface area (Å²) in [5.74, 6) is -0.331. The van der Waals surface area contributed by atoms with Crippen LogP contribution in [0.5, 0.6) is 0 Å². The molecule has 5 heteroatoms. The van der Waals surface area contributed by atoms with E-state index in [0.29, 0.717) is 5.58 Å². The van der Waals surface area contributed by atoms with Crippen molar-refractivity contribution < 1.29 is 4.42 Å². The lowest BCUT2D eigenvalue weighted by Gasteiger charge is -2.23. The minimum absolute atomic E-state index is 0.102. The molecule has 0 saturated heterocycles. The first-order valence-electron chi connectivity index (χ1n) is 5.47. The van der Waals surface area contributed by atoms with Crippen LogP contribution in [-0.4, -0.2) is 30.6 Å². The second-order valence-corrected chi connectivity index (χ2v) is 4.31. The number of fused-ring (bicyclic) bond motifs is 1. The Morgan fingerprint density at radius 3 is 2.71 bits per heavy atom. The smallest absolute Gasteiger partial charge is 0.408 e. The summed E-state index contributed by atoms with van der Waals surface area (Å²) in [4.78, 5) is 13.5. The highest BCUT2D eigenvalue weighted by Crippen LogP contribution is 2.20. The summed E-state index contributed by atoms with van der Waals surface area (Å²) in [5, 5.41) is 3.20. The summed E-state index contributed by atoms with van der Waals surface area (Å²) in [7, 11) is 7.59. The van der Waals surface area contributed by atoms with Crippen molar-refractivity contribution in [2.45, 2.75) is 6.17 Å². The van der Waals surface area contributed by atoms with Gasteiger partial charge in [0.05, 0.1) is 11.7 Å². The van der Waals surface area contributed by atoms with E-state index in [4.69, 9.17) is 4.42 Å². The number of aryl methyl sites for hydroxylation is 1. The van der Waals surface area contributed by atoms with Crippen LogP contribution in [0, 0.1) is 0 Å². The van der Waals surface area contributed by atoms with Gasteiger partial charge < -0.3 is 9.73 Å². The quantitative estimate of drug-likeness (QED) is 0.803. The van der Waals surface area contributed by atoms with Gasteiger partial charge in [-0.25, -0.2) is 4.79 Å². The van der Waals surface area contributed by atoms with E-state index in [1.165, 1.54) is 4.57 Å². The molecule has 5 nitrogen and oxygen atoms in total. The average molecular weight is 235 g/mol. The van der Waals surface area contributed by atoms with Crippen LogP contribution in [0.1, 0.15) is 11.7 Å². The van der Waals surface area contributed by atoms with E-state index in [0.717, 1.165) is 11.1 Å². The second-order valence-electron chi connectivity index (χ2n) is 4.31. The van der Waals surface area contributed by atoms with Gasteiger partial charge in [0, 0.05) is 7.05 Å². The molecule has 1 aromatic heterocycles. The zero-order valence-electron chi connectivity index (χ0n) is 10.5. The van der Waals surface area contributed by atoms with E-state index < -0.39 is 0 Å². The van der Waals surface area contributed by atoms with Crippen molar-refractivity contribution in [3.63, 3.8) is 0 Å². The van der Waals surface area contributed by atoms with E-state index >= 15 is 0 Å². The lowest BCUT2D eigenvalue weighted by Crippen LogP contribution is -2.30. The highest BCUT2D eigenvalue weighted by molar-refractivity contribution is 5.73. The van der Waals surface area contributed by atoms with Gasteiger partial charge in [-0.2, -0.15) is 0 Å². The molecule has 0 spiro atoms. The molecule has 0 bridgehead atoms. The normalized spacial score (nSPS) is 13.5. The first-order chi connectivity index (χ1) is 8.04. The van der Waals surface area contributed by atoms with E-state index in [1.807, 2.05) is 39.3 Å². The summed E-state index contributed by atoms with van der Waals surface area (Å²) in [5.41, 5.74) is 2.50. The Morgan fingerprint density at radius 1 is 1.41 bits per heavy atom. The van der Waals surface area contributed by atoms with E-state index in [9.17, 15) is 4.79 Å². The highest BCUT2D eigenvalue weighted by atomic mass is 16.4. The first-order valence-corrected chi connectivity index (χ1v) is 5.47. The van der Waals surface area contributed by atoms with Gasteiger partial charge >= 0.3 is 5.76 Å². The van der Waals surface area contributed by atoms with Crippen LogP contribution >= 0.6 is 0 Å². The molecule has 0 fully saturated rings. The molecule has 92 valence electrons. The number of hydrogen-bond donors (Lipinski definition) is 1. The van der Waals surface area contributed by atoms with E-state index in [1.54, 1.807) is 7.05 Å². The maximum Gasteiger partial charge on any atom is 0.419 e. The third-order valence-corrected chi connectivity index (χ3v) is 2.92. The summed E-state index contributed by atoms with van der Waals surface area (Å²) >= 11 is 0. The van der Waals surface area contributed by atoms with Crippen molar-refractivity contribution in [1.82, 2.24) is 14.8 Å². The van der Waals surface area contributed by atoms with Gasteiger partial charge in [-0.3, -0.25) is 9.47 Å². The molecule has 1 atom stereocenters. The zero-order valence-corrected chi connectivity index (χ0v) is 10.5. The third-order valence-electron chi connectivity index (χ3n) is 2.92. The molecule has 17 heavy (non-hydrogen) atoms. The second kappa shape index (κ2) is 4.35. The van der Waals surface area contributed by atoms with Gasteiger partial charge in [-0.1, -0.05) is 6.07 Å². The molecular formula is C12H17N3O2. The fraction of sp³-hybridized carbons (Fsp3) is 0.417. The number of aromatic nitrogens is 1. The van der Waals surface area contributed by atoms with Crippen LogP contribution < -0.4 is 11.1 Å². The number of benzene rings is 1. The Balaban J connectivity index is 2.54. The van der Waals surface area contributed by atoms with Crippen LogP contribution in [0.25, 0.3) is 11.1 Å². The molecule has 1 aromatic carbocycles. The molecule has 0 aliphatic heterocycles. The molecule has 2 rings (SSSR count). The molecule has 0 amide bonds. The van der Waals surface area contributed by atoms with Gasteiger partial charge in [-0.05, 0) is 38.8 Å². The molecule has 1 unspecified atom stereocenters. The van der Waals surface area contributed by atoms with Gasteiger partial charge in [0.25, 0.3) is 0 Å². The maximum atomic E-state index is 11.4. The van der Waals surface area contributed by atoms with Crippen molar-refractivity contribution in [2.24, 2.45) is 7.05 Å². The Morgan fingerprint density at radius 2 is 2.12 bits per heavy atom. The minimum Gasteiger partial charge on any atom is -0.408 e. The van der Waals surface area contributed by atoms with Crippen LogP contribution in [0.15, 0.2) is 27.4 Å². The average Bonchev–Trinajstić information content (AvgIpc) is 2.55. The van der Waals surface area contributed by atoms with Gasteiger partial charge in [-0.15, -0.1) is 0 Å². The van der Waals surface area contributed by atoms with Crippen molar-refractivity contribution in [1.29, 1.82) is 0 Å². The summed E-state index contributed by atoms with van der Waals surface area (Å²) in [6.07, 6.45) is 0.102. The Bertz CT molecular complexity index is 583. The molecule has 1 N–H and O–H groups in total. The van der Waals surface area contributed by atoms with Gasteiger partial charge in [0.2, 0.25) is 0 Å². The Kier molecular flexibility index (Phi) is 3.04. The number of hydrogen-bond acceptors (Lipinski definition) is 4. The number of rotatable bonds is 3. The molecule has 0 radical (unpaired) electrons. The number of nitrogens with one attached hydrogen (secondary N) is 1. The summed E-state index contributed by atoms with van der Waals surface area (Å²) < 4.78 is 6.68. The SMILES string of the molecule is CNC(c1ccc2c(c1)oc(=O)n2C)N(C)C. The molecule has 0 aliphatic carbocycles. The minimum atomic E-state index is -0.331. The molecule has 0 aliphatic rings. The molecule has 1 heterocycles. The highest BCUT2D eigenvalue weighted by Gasteiger charge is 2.14. The van der Waals surface area contributed by atoms with Crippen molar-refractivity contribution in [2.75, 3.05) is 21.1 Å². The molecule has 0 saturated carbocycles. The van der Waals surface area contributed by atoms with E-state index in [2.05, 4.69) is 10.2 Å². The van der Waals surface area contributed by atoms with Crippen LogP contribution in [0.3, 0.4) is 0 Å². The lowest BCUT2D eigenvalue weighted by molar-refractivity contribution is 0.264. The van der Waals surface area contributed by atoms with Crippen molar-refractivity contribution in [3.8, 4) is 0 Å². The predicted molar refractivity (Wildman–Crippen MR) is 66.9 cm³/mol. The lowest BCUT2D eigenvalue weighted by atomic mass is 10.1. The topological polar surface area (TPSA) is 50.4 Å². The van der Waals surface area contributed by atoms with Crippen LogP contribution in [0.4, 0.5) is 0 Å². The van der Waals surface area contributed by atoms with Crippen molar-refractivity contribution >= 4 is 11.1 Å². The predicted octanol–water partition coefficient (Wildman–Crippen LogP) is 0.911. The fourth-order valence-corrected chi connectivity index (χ4v) is 2.04. The fourth-order valence-electron chi connectivity index (χ4n) is 2.04. The zero-order chi connectivity index (χ0) is 12.6. The number of oxazole rings is 1. The van der Waals surface area contributed by atoms with Gasteiger partial charge in [0.1, 0.15) is 0 Å². The Hall–Kier alpha value is -1.59. The largest absolute Gasteiger partial charge is 0.419 e. The van der Waals surface area contributed by atoms with Gasteiger partial charge in [0.15, 0.2) is 5.58 Å². The third kappa shape index (κ3) is 1.99. The van der Waals surface area contributed by atoms with E-state index in [-0.39, 0.29) is 11.9 Å². The van der Waals surface area contributed by atoms with Crippen LogP contribution in [0.2, 0.25) is 0 Å².